The molecule has 110 valence electrons. The first kappa shape index (κ1) is 15.9. The number of alkyl halides is 3. The molecule has 2 rings (SSSR count). The summed E-state index contributed by atoms with van der Waals surface area (Å²) in [6, 6.07) is 9.54. The molecule has 0 aliphatic carbocycles. The van der Waals surface area contributed by atoms with Crippen LogP contribution in [0.25, 0.3) is 0 Å². The van der Waals surface area contributed by atoms with Crippen LogP contribution in [0.5, 0.6) is 0 Å². The topological polar surface area (TPSA) is 37.3 Å². The fourth-order valence-corrected chi connectivity index (χ4v) is 3.31. The molecule has 0 bridgehead atoms. The lowest BCUT2D eigenvalue weighted by molar-refractivity contribution is -0.139. The second-order valence-corrected chi connectivity index (χ2v) is 6.04. The molecule has 0 heterocycles. The Morgan fingerprint density at radius 3 is 2.38 bits per heavy atom. The van der Waals surface area contributed by atoms with Crippen LogP contribution in [0.4, 0.5) is 13.2 Å². The van der Waals surface area contributed by atoms with Crippen molar-refractivity contribution < 1.29 is 23.1 Å². The molecule has 0 aromatic heterocycles. The molecule has 0 aliphatic rings. The fourth-order valence-electron chi connectivity index (χ4n) is 1.67. The smallest absolute Gasteiger partial charge is 0.417 e. The van der Waals surface area contributed by atoms with E-state index in [1.165, 1.54) is 30.3 Å². The van der Waals surface area contributed by atoms with E-state index in [0.717, 1.165) is 17.8 Å². The number of rotatable bonds is 3. The zero-order valence-corrected chi connectivity index (χ0v) is 12.7. The predicted octanol–water partition coefficient (Wildman–Crippen LogP) is 5.32. The van der Waals surface area contributed by atoms with Crippen molar-refractivity contribution in [3.63, 3.8) is 0 Å². The maximum absolute atomic E-state index is 13.0. The van der Waals surface area contributed by atoms with Crippen molar-refractivity contribution in [3.05, 3.63) is 58.1 Å². The monoisotopic (exact) mass is 376 g/mol. The van der Waals surface area contributed by atoms with Gasteiger partial charge in [0.1, 0.15) is 0 Å². The highest BCUT2D eigenvalue weighted by Crippen LogP contribution is 2.41. The first-order chi connectivity index (χ1) is 9.79. The van der Waals surface area contributed by atoms with Gasteiger partial charge in [0.2, 0.25) is 0 Å². The third-order valence-corrected chi connectivity index (χ3v) is 4.21. The van der Waals surface area contributed by atoms with Crippen LogP contribution in [0.3, 0.4) is 0 Å². The van der Waals surface area contributed by atoms with E-state index in [4.69, 9.17) is 5.11 Å². The molecule has 2 aromatic carbocycles. The van der Waals surface area contributed by atoms with Crippen LogP contribution >= 0.6 is 27.7 Å². The van der Waals surface area contributed by atoms with E-state index in [1.54, 1.807) is 6.07 Å². The zero-order valence-electron chi connectivity index (χ0n) is 10.3. The number of carboxylic acid groups (broad SMARTS) is 1. The minimum Gasteiger partial charge on any atom is -0.478 e. The maximum Gasteiger partial charge on any atom is 0.417 e. The Hall–Kier alpha value is -1.47. The van der Waals surface area contributed by atoms with Gasteiger partial charge < -0.3 is 5.11 Å². The van der Waals surface area contributed by atoms with Crippen molar-refractivity contribution in [2.24, 2.45) is 0 Å². The molecule has 7 heteroatoms. The van der Waals surface area contributed by atoms with Gasteiger partial charge >= 0.3 is 12.1 Å². The molecule has 2 aromatic rings. The Bertz CT molecular complexity index is 686. The summed E-state index contributed by atoms with van der Waals surface area (Å²) in [5.74, 6) is -1.18. The normalized spacial score (nSPS) is 11.4. The average Bonchev–Trinajstić information content (AvgIpc) is 2.37. The number of aromatic carboxylic acids is 1. The first-order valence-electron chi connectivity index (χ1n) is 5.66. The molecule has 0 radical (unpaired) electrons. The molecular formula is C14H8BrF3O2S. The summed E-state index contributed by atoms with van der Waals surface area (Å²) in [6.07, 6.45) is -4.50. The summed E-state index contributed by atoms with van der Waals surface area (Å²) in [4.78, 5) is 11.3. The van der Waals surface area contributed by atoms with Crippen LogP contribution in [0.1, 0.15) is 15.9 Å². The maximum atomic E-state index is 13.0. The second kappa shape index (κ2) is 6.11. The van der Waals surface area contributed by atoms with Gasteiger partial charge in [0.05, 0.1) is 11.1 Å². The summed E-state index contributed by atoms with van der Waals surface area (Å²) in [5.41, 5.74) is -0.827. The van der Waals surface area contributed by atoms with Crippen molar-refractivity contribution in [3.8, 4) is 0 Å². The SMILES string of the molecule is O=C(O)c1ccccc1Sc1cc(Br)ccc1C(F)(F)F. The predicted molar refractivity (Wildman–Crippen MR) is 76.7 cm³/mol. The number of hydrogen-bond acceptors (Lipinski definition) is 2. The minimum atomic E-state index is -4.50. The first-order valence-corrected chi connectivity index (χ1v) is 7.27. The molecule has 0 saturated carbocycles. The molecule has 0 spiro atoms. The standard InChI is InChI=1S/C14H8BrF3O2S/c15-8-5-6-10(14(16,17)18)12(7-8)21-11-4-2-1-3-9(11)13(19)20/h1-7H,(H,19,20). The summed E-state index contributed by atoms with van der Waals surface area (Å²) < 4.78 is 39.5. The van der Waals surface area contributed by atoms with Crippen molar-refractivity contribution in [1.29, 1.82) is 0 Å². The van der Waals surface area contributed by atoms with Gasteiger partial charge in [0.25, 0.3) is 0 Å². The van der Waals surface area contributed by atoms with Crippen LogP contribution in [-0.4, -0.2) is 11.1 Å². The highest BCUT2D eigenvalue weighted by Gasteiger charge is 2.33. The molecule has 1 N–H and O–H groups in total. The molecule has 21 heavy (non-hydrogen) atoms. The summed E-state index contributed by atoms with van der Waals surface area (Å²) in [7, 11) is 0. The van der Waals surface area contributed by atoms with E-state index < -0.39 is 17.7 Å². The summed E-state index contributed by atoms with van der Waals surface area (Å²) >= 11 is 3.91. The molecular weight excluding hydrogens is 369 g/mol. The van der Waals surface area contributed by atoms with Crippen molar-refractivity contribution in [2.45, 2.75) is 16.0 Å². The van der Waals surface area contributed by atoms with Gasteiger partial charge in [-0.3, -0.25) is 0 Å². The molecule has 0 aliphatic heterocycles. The second-order valence-electron chi connectivity index (χ2n) is 4.04. The highest BCUT2D eigenvalue weighted by molar-refractivity contribution is 9.10. The number of halogens is 4. The van der Waals surface area contributed by atoms with Crippen LogP contribution in [-0.2, 0) is 6.18 Å². The van der Waals surface area contributed by atoms with E-state index >= 15 is 0 Å². The molecule has 0 unspecified atom stereocenters. The number of benzene rings is 2. The Morgan fingerprint density at radius 2 is 1.76 bits per heavy atom. The number of carboxylic acids is 1. The van der Waals surface area contributed by atoms with Gasteiger partial charge in [-0.05, 0) is 30.3 Å². The van der Waals surface area contributed by atoms with Crippen LogP contribution in [0, 0.1) is 0 Å². The van der Waals surface area contributed by atoms with E-state index in [1.807, 2.05) is 0 Å². The Labute approximate surface area is 131 Å². The van der Waals surface area contributed by atoms with E-state index in [-0.39, 0.29) is 15.4 Å². The lowest BCUT2D eigenvalue weighted by atomic mass is 10.2. The quantitative estimate of drug-likeness (QED) is 0.787. The highest BCUT2D eigenvalue weighted by atomic mass is 79.9. The molecule has 0 saturated heterocycles. The largest absolute Gasteiger partial charge is 0.478 e. The van der Waals surface area contributed by atoms with Gasteiger partial charge in [0.15, 0.2) is 0 Å². The Morgan fingerprint density at radius 1 is 1.10 bits per heavy atom. The molecule has 2 nitrogen and oxygen atoms in total. The van der Waals surface area contributed by atoms with Gasteiger partial charge in [-0.15, -0.1) is 0 Å². The average molecular weight is 377 g/mol. The third-order valence-electron chi connectivity index (χ3n) is 2.59. The summed E-state index contributed by atoms with van der Waals surface area (Å²) in [6.45, 7) is 0. The lowest BCUT2D eigenvalue weighted by Crippen LogP contribution is -2.07. The van der Waals surface area contributed by atoms with Gasteiger partial charge in [-0.1, -0.05) is 39.8 Å². The van der Waals surface area contributed by atoms with Crippen LogP contribution < -0.4 is 0 Å². The van der Waals surface area contributed by atoms with Gasteiger partial charge in [0, 0.05) is 14.3 Å². The molecule has 0 atom stereocenters. The molecule has 0 fully saturated rings. The van der Waals surface area contributed by atoms with Crippen molar-refractivity contribution in [2.75, 3.05) is 0 Å². The molecule has 0 amide bonds. The van der Waals surface area contributed by atoms with E-state index in [0.29, 0.717) is 4.47 Å². The minimum absolute atomic E-state index is 0.0319. The van der Waals surface area contributed by atoms with Crippen LogP contribution in [0.2, 0.25) is 0 Å². The third kappa shape index (κ3) is 3.79. The zero-order chi connectivity index (χ0) is 15.6. The van der Waals surface area contributed by atoms with Gasteiger partial charge in [-0.25, -0.2) is 4.79 Å². The Balaban J connectivity index is 2.49. The Kier molecular flexibility index (Phi) is 4.63. The van der Waals surface area contributed by atoms with Gasteiger partial charge in [-0.2, -0.15) is 13.2 Å². The van der Waals surface area contributed by atoms with Crippen molar-refractivity contribution in [1.82, 2.24) is 0 Å². The summed E-state index contributed by atoms with van der Waals surface area (Å²) in [5, 5.41) is 9.08. The fraction of sp³-hybridized carbons (Fsp3) is 0.0714. The van der Waals surface area contributed by atoms with E-state index in [9.17, 15) is 18.0 Å². The number of hydrogen-bond donors (Lipinski definition) is 1. The van der Waals surface area contributed by atoms with E-state index in [2.05, 4.69) is 15.9 Å². The van der Waals surface area contributed by atoms with Crippen LogP contribution in [0.15, 0.2) is 56.7 Å². The number of carbonyl (C=O) groups is 1. The van der Waals surface area contributed by atoms with Crippen molar-refractivity contribution >= 4 is 33.7 Å². The lowest BCUT2D eigenvalue weighted by Gasteiger charge is -2.13.